The van der Waals surface area contributed by atoms with Crippen LogP contribution in [0.1, 0.15) is 31.2 Å². The predicted octanol–water partition coefficient (Wildman–Crippen LogP) is 4.87. The van der Waals surface area contributed by atoms with Gasteiger partial charge < -0.3 is 4.74 Å². The molecule has 2 fully saturated rings. The van der Waals surface area contributed by atoms with Crippen molar-refractivity contribution < 1.29 is 27.5 Å². The molecule has 7 nitrogen and oxygen atoms in total. The molecular formula is C22H19F3N4O3S. The second kappa shape index (κ2) is 8.29. The highest BCUT2D eigenvalue weighted by molar-refractivity contribution is 7.17. The molecule has 0 N–H and O–H groups in total. The molecule has 5 rings (SSSR count). The van der Waals surface area contributed by atoms with Crippen molar-refractivity contribution in [1.82, 2.24) is 14.9 Å². The van der Waals surface area contributed by atoms with Crippen LogP contribution in [0.4, 0.5) is 23.7 Å². The number of halogens is 3. The van der Waals surface area contributed by atoms with Crippen molar-refractivity contribution in [2.24, 2.45) is 0 Å². The zero-order valence-electron chi connectivity index (χ0n) is 17.3. The second-order valence-electron chi connectivity index (χ2n) is 8.09. The van der Waals surface area contributed by atoms with E-state index in [1.807, 2.05) is 17.5 Å². The fourth-order valence-electron chi connectivity index (χ4n) is 4.31. The van der Waals surface area contributed by atoms with E-state index in [0.29, 0.717) is 37.6 Å². The van der Waals surface area contributed by atoms with Crippen molar-refractivity contribution in [2.45, 2.75) is 44.0 Å². The number of pyridine rings is 2. The summed E-state index contributed by atoms with van der Waals surface area (Å²) in [4.78, 5) is 35.7. The Balaban J connectivity index is 1.23. The molecule has 1 saturated carbocycles. The van der Waals surface area contributed by atoms with E-state index in [1.54, 1.807) is 17.5 Å². The number of carbonyl (C=O) groups is 2. The number of urea groups is 1. The number of carbonyl (C=O) groups excluding carboxylic acids is 2. The number of thiophene rings is 1. The molecule has 3 aromatic rings. The highest BCUT2D eigenvalue weighted by Crippen LogP contribution is 2.34. The molecule has 4 heterocycles. The van der Waals surface area contributed by atoms with Crippen molar-refractivity contribution in [3.63, 3.8) is 0 Å². The topological polar surface area (TPSA) is 75.6 Å². The Labute approximate surface area is 190 Å². The summed E-state index contributed by atoms with van der Waals surface area (Å²) in [5.74, 6) is 0.263. The highest BCUT2D eigenvalue weighted by Gasteiger charge is 2.43. The Morgan fingerprint density at radius 2 is 1.85 bits per heavy atom. The molecule has 2 aliphatic rings. The molecule has 1 aliphatic heterocycles. The van der Waals surface area contributed by atoms with Crippen LogP contribution in [-0.4, -0.2) is 45.5 Å². The number of alkyl halides is 3. The van der Waals surface area contributed by atoms with E-state index < -0.39 is 23.7 Å². The summed E-state index contributed by atoms with van der Waals surface area (Å²) < 4.78 is 46.1. The summed E-state index contributed by atoms with van der Waals surface area (Å²) in [5, 5.41) is 1.97. The average Bonchev–Trinajstić information content (AvgIpc) is 3.37. The number of hydrogen-bond donors (Lipinski definition) is 0. The van der Waals surface area contributed by atoms with Crippen molar-refractivity contribution in [1.29, 1.82) is 0 Å². The molecule has 0 radical (unpaired) electrons. The van der Waals surface area contributed by atoms with E-state index in [-0.39, 0.29) is 24.4 Å². The molecule has 1 saturated heterocycles. The minimum atomic E-state index is -4.59. The van der Waals surface area contributed by atoms with Gasteiger partial charge in [-0.1, -0.05) is 0 Å². The van der Waals surface area contributed by atoms with E-state index in [9.17, 15) is 22.8 Å². The fourth-order valence-corrected chi connectivity index (χ4v) is 5.08. The second-order valence-corrected chi connectivity index (χ2v) is 9.03. The first-order valence-corrected chi connectivity index (χ1v) is 11.3. The lowest BCUT2D eigenvalue weighted by Gasteiger charge is -2.33. The molecule has 33 heavy (non-hydrogen) atoms. The minimum absolute atomic E-state index is 0.0424. The maximum Gasteiger partial charge on any atom is 0.417 e. The van der Waals surface area contributed by atoms with E-state index >= 15 is 0 Å². The maximum absolute atomic E-state index is 13.0. The van der Waals surface area contributed by atoms with Gasteiger partial charge in [0.1, 0.15) is 12.3 Å². The van der Waals surface area contributed by atoms with Crippen molar-refractivity contribution >= 4 is 39.2 Å². The van der Waals surface area contributed by atoms with Gasteiger partial charge in [-0.3, -0.25) is 24.6 Å². The lowest BCUT2D eigenvalue weighted by Crippen LogP contribution is -2.44. The lowest BCUT2D eigenvalue weighted by molar-refractivity contribution is -0.137. The van der Waals surface area contributed by atoms with Crippen molar-refractivity contribution in [3.8, 4) is 5.75 Å². The SMILES string of the molecule is O=C1CN(c2cncc(C(F)(F)F)c2)C(=O)N1[C@H]1CC[C@H](Oc2cnc3ccsc3c2)CC1. The molecule has 1 aliphatic carbocycles. The van der Waals surface area contributed by atoms with Crippen LogP contribution in [-0.2, 0) is 11.0 Å². The van der Waals surface area contributed by atoms with Crippen molar-refractivity contribution in [2.75, 3.05) is 11.4 Å². The van der Waals surface area contributed by atoms with Gasteiger partial charge in [-0.2, -0.15) is 13.2 Å². The standard InChI is InChI=1S/C22H19F3N4O3S/c23-22(24,25)13-7-15(10-26-9-13)28-12-20(30)29(21(28)31)14-1-3-16(4-2-14)32-17-8-19-18(27-11-17)5-6-33-19/h5-11,14,16H,1-4,12H2/t14-,16-. The Bertz CT molecular complexity index is 1210. The van der Waals surface area contributed by atoms with Crippen LogP contribution in [0.2, 0.25) is 0 Å². The first-order valence-electron chi connectivity index (χ1n) is 10.5. The van der Waals surface area contributed by atoms with Gasteiger partial charge in [0.15, 0.2) is 0 Å². The molecule has 0 aromatic carbocycles. The maximum atomic E-state index is 13.0. The van der Waals surface area contributed by atoms with Crippen molar-refractivity contribution in [3.05, 3.63) is 47.7 Å². The van der Waals surface area contributed by atoms with Gasteiger partial charge >= 0.3 is 12.2 Å². The van der Waals surface area contributed by atoms with Gasteiger partial charge in [0, 0.05) is 18.3 Å². The number of anilines is 1. The molecular weight excluding hydrogens is 457 g/mol. The summed E-state index contributed by atoms with van der Waals surface area (Å²) >= 11 is 1.59. The highest BCUT2D eigenvalue weighted by atomic mass is 32.1. The molecule has 0 atom stereocenters. The molecule has 11 heteroatoms. The van der Waals surface area contributed by atoms with Crippen LogP contribution in [0.3, 0.4) is 0 Å². The Morgan fingerprint density at radius 3 is 2.61 bits per heavy atom. The van der Waals surface area contributed by atoms with Gasteiger partial charge in [-0.25, -0.2) is 4.79 Å². The summed E-state index contributed by atoms with van der Waals surface area (Å²) in [5.41, 5.74) is -0.0895. The van der Waals surface area contributed by atoms with Crippen LogP contribution in [0.5, 0.6) is 5.75 Å². The predicted molar refractivity (Wildman–Crippen MR) is 115 cm³/mol. The molecule has 172 valence electrons. The normalized spacial score (nSPS) is 21.8. The molecule has 0 spiro atoms. The summed E-state index contributed by atoms with van der Waals surface area (Å²) in [6.45, 7) is -0.301. The zero-order valence-corrected chi connectivity index (χ0v) is 18.1. The Kier molecular flexibility index (Phi) is 5.43. The third-order valence-corrected chi connectivity index (χ3v) is 6.80. The smallest absolute Gasteiger partial charge is 0.417 e. The van der Waals surface area contributed by atoms with Gasteiger partial charge in [-0.05, 0) is 43.2 Å². The third-order valence-electron chi connectivity index (χ3n) is 5.95. The molecule has 0 unspecified atom stereocenters. The van der Waals surface area contributed by atoms with Gasteiger partial charge in [0.25, 0.3) is 5.91 Å². The van der Waals surface area contributed by atoms with Crippen LogP contribution >= 0.6 is 11.3 Å². The number of hydrogen-bond acceptors (Lipinski definition) is 6. The summed E-state index contributed by atoms with van der Waals surface area (Å²) in [6.07, 6.45) is 1.32. The fraction of sp³-hybridized carbons (Fsp3) is 0.364. The van der Waals surface area contributed by atoms with Gasteiger partial charge in [-0.15, -0.1) is 11.3 Å². The number of rotatable bonds is 4. The summed E-state index contributed by atoms with van der Waals surface area (Å²) in [6, 6.07) is 3.81. The first-order chi connectivity index (χ1) is 15.8. The number of ether oxygens (including phenoxy) is 1. The van der Waals surface area contributed by atoms with Gasteiger partial charge in [0.05, 0.1) is 40.0 Å². The third kappa shape index (κ3) is 4.24. The summed E-state index contributed by atoms with van der Waals surface area (Å²) in [7, 11) is 0. The Hall–Kier alpha value is -3.21. The van der Waals surface area contributed by atoms with Crippen LogP contribution in [0, 0.1) is 0 Å². The Morgan fingerprint density at radius 1 is 1.06 bits per heavy atom. The number of amides is 3. The largest absolute Gasteiger partial charge is 0.489 e. The van der Waals surface area contributed by atoms with E-state index in [1.165, 1.54) is 4.90 Å². The molecule has 3 aromatic heterocycles. The number of nitrogens with zero attached hydrogens (tertiary/aromatic N) is 4. The monoisotopic (exact) mass is 476 g/mol. The van der Waals surface area contributed by atoms with Crippen LogP contribution in [0.15, 0.2) is 42.2 Å². The van der Waals surface area contributed by atoms with E-state index in [0.717, 1.165) is 27.4 Å². The van der Waals surface area contributed by atoms with Crippen LogP contribution < -0.4 is 9.64 Å². The van der Waals surface area contributed by atoms with E-state index in [2.05, 4.69) is 9.97 Å². The number of imide groups is 1. The van der Waals surface area contributed by atoms with E-state index in [4.69, 9.17) is 4.74 Å². The molecule has 3 amide bonds. The lowest BCUT2D eigenvalue weighted by atomic mass is 9.92. The molecule has 0 bridgehead atoms. The number of fused-ring (bicyclic) bond motifs is 1. The quantitative estimate of drug-likeness (QED) is 0.503. The zero-order chi connectivity index (χ0) is 23.2. The number of aromatic nitrogens is 2. The van der Waals surface area contributed by atoms with Crippen LogP contribution in [0.25, 0.3) is 10.2 Å². The van der Waals surface area contributed by atoms with Gasteiger partial charge in [0.2, 0.25) is 0 Å². The minimum Gasteiger partial charge on any atom is -0.489 e. The first kappa shape index (κ1) is 21.6. The average molecular weight is 476 g/mol.